The van der Waals surface area contributed by atoms with Crippen molar-refractivity contribution in [3.05, 3.63) is 38.9 Å². The van der Waals surface area contributed by atoms with Gasteiger partial charge in [-0.05, 0) is 19.9 Å². The molecule has 7 heteroatoms. The Morgan fingerprint density at radius 3 is 2.63 bits per heavy atom. The molecule has 0 saturated carbocycles. The van der Waals surface area contributed by atoms with Gasteiger partial charge in [-0.25, -0.2) is 0 Å². The number of amides is 1. The largest absolute Gasteiger partial charge is 0.335 e. The molecule has 0 bridgehead atoms. The van der Waals surface area contributed by atoms with Crippen LogP contribution in [0.3, 0.4) is 0 Å². The number of nitrogens with zero attached hydrogens (tertiary/aromatic N) is 2. The van der Waals surface area contributed by atoms with Crippen molar-refractivity contribution in [3.8, 4) is 0 Å². The molecule has 1 amide bonds. The molecular formula is C12H14BrClN2O3. The zero-order valence-electron chi connectivity index (χ0n) is 10.6. The predicted octanol–water partition coefficient (Wildman–Crippen LogP) is 3.49. The van der Waals surface area contributed by atoms with Crippen LogP contribution in [0.15, 0.2) is 18.2 Å². The number of hydrogen-bond donors (Lipinski definition) is 0. The molecule has 5 nitrogen and oxygen atoms in total. The number of nitro groups is 1. The quantitative estimate of drug-likeness (QED) is 0.464. The van der Waals surface area contributed by atoms with Gasteiger partial charge in [0.1, 0.15) is 5.56 Å². The summed E-state index contributed by atoms with van der Waals surface area (Å²) in [5.41, 5.74) is -0.318. The number of halogens is 2. The zero-order chi connectivity index (χ0) is 14.6. The molecule has 1 rings (SSSR count). The fraction of sp³-hybridized carbons (Fsp3) is 0.417. The van der Waals surface area contributed by atoms with Gasteiger partial charge in [0.2, 0.25) is 0 Å². The van der Waals surface area contributed by atoms with Crippen LogP contribution in [0.5, 0.6) is 0 Å². The van der Waals surface area contributed by atoms with Crippen LogP contribution in [-0.4, -0.2) is 33.6 Å². The van der Waals surface area contributed by atoms with Crippen LogP contribution in [0, 0.1) is 10.1 Å². The molecule has 0 N–H and O–H groups in total. The monoisotopic (exact) mass is 348 g/mol. The van der Waals surface area contributed by atoms with Crippen molar-refractivity contribution in [2.75, 3.05) is 11.9 Å². The molecule has 0 atom stereocenters. The number of alkyl halides is 1. The second-order valence-electron chi connectivity index (χ2n) is 4.17. The first kappa shape index (κ1) is 15.9. The number of hydrogen-bond acceptors (Lipinski definition) is 3. The third kappa shape index (κ3) is 3.67. The molecule has 1 aromatic carbocycles. The summed E-state index contributed by atoms with van der Waals surface area (Å²) in [6, 6.07) is 4.16. The van der Waals surface area contributed by atoms with Gasteiger partial charge in [-0.2, -0.15) is 0 Å². The molecule has 0 spiro atoms. The highest BCUT2D eigenvalue weighted by Crippen LogP contribution is 2.28. The van der Waals surface area contributed by atoms with E-state index in [4.69, 9.17) is 11.6 Å². The molecule has 0 radical (unpaired) electrons. The Labute approximate surface area is 124 Å². The van der Waals surface area contributed by atoms with Gasteiger partial charge in [0, 0.05) is 24.0 Å². The van der Waals surface area contributed by atoms with E-state index in [0.29, 0.717) is 11.9 Å². The standard InChI is InChI=1S/C12H14BrClN2O3/c1-8(2)15(7-6-13)12(17)11-9(14)4-3-5-10(11)16(18)19/h3-5,8H,6-7H2,1-2H3. The minimum atomic E-state index is -0.592. The van der Waals surface area contributed by atoms with Crippen molar-refractivity contribution < 1.29 is 9.72 Å². The van der Waals surface area contributed by atoms with Crippen LogP contribution in [0.25, 0.3) is 0 Å². The van der Waals surface area contributed by atoms with Crippen molar-refractivity contribution in [2.24, 2.45) is 0 Å². The summed E-state index contributed by atoms with van der Waals surface area (Å²) in [5.74, 6) is -0.424. The van der Waals surface area contributed by atoms with Gasteiger partial charge in [0.05, 0.1) is 9.95 Å². The number of carbonyl (C=O) groups excluding carboxylic acids is 1. The highest BCUT2D eigenvalue weighted by atomic mass is 79.9. The lowest BCUT2D eigenvalue weighted by atomic mass is 10.1. The maximum atomic E-state index is 12.4. The van der Waals surface area contributed by atoms with Crippen LogP contribution in [-0.2, 0) is 0 Å². The third-order valence-corrected chi connectivity index (χ3v) is 3.28. The molecule has 0 unspecified atom stereocenters. The van der Waals surface area contributed by atoms with E-state index in [0.717, 1.165) is 0 Å². The lowest BCUT2D eigenvalue weighted by molar-refractivity contribution is -0.385. The van der Waals surface area contributed by atoms with Crippen molar-refractivity contribution in [3.63, 3.8) is 0 Å². The predicted molar refractivity (Wildman–Crippen MR) is 78.1 cm³/mol. The van der Waals surface area contributed by atoms with Gasteiger partial charge < -0.3 is 4.90 Å². The van der Waals surface area contributed by atoms with Crippen LogP contribution in [0.4, 0.5) is 5.69 Å². The van der Waals surface area contributed by atoms with E-state index in [-0.39, 0.29) is 22.3 Å². The van der Waals surface area contributed by atoms with Gasteiger partial charge in [-0.15, -0.1) is 0 Å². The summed E-state index contributed by atoms with van der Waals surface area (Å²) in [7, 11) is 0. The number of carbonyl (C=O) groups is 1. The van der Waals surface area contributed by atoms with Crippen molar-refractivity contribution in [2.45, 2.75) is 19.9 Å². The third-order valence-electron chi connectivity index (χ3n) is 2.61. The Morgan fingerprint density at radius 2 is 2.16 bits per heavy atom. The normalized spacial score (nSPS) is 10.6. The van der Waals surface area contributed by atoms with Crippen LogP contribution >= 0.6 is 27.5 Å². The highest BCUT2D eigenvalue weighted by Gasteiger charge is 2.28. The molecule has 0 aliphatic rings. The minimum Gasteiger partial charge on any atom is -0.335 e. The number of nitro benzene ring substituents is 1. The molecular weight excluding hydrogens is 336 g/mol. The van der Waals surface area contributed by atoms with Crippen LogP contribution < -0.4 is 0 Å². The average Bonchev–Trinajstić information content (AvgIpc) is 2.34. The molecule has 0 aliphatic carbocycles. The molecule has 0 heterocycles. The SMILES string of the molecule is CC(C)N(CCBr)C(=O)c1c(Cl)cccc1[N+](=O)[O-]. The van der Waals surface area contributed by atoms with Crippen LogP contribution in [0.2, 0.25) is 5.02 Å². The van der Waals surface area contributed by atoms with E-state index < -0.39 is 10.8 Å². The first-order chi connectivity index (χ1) is 8.90. The Hall–Kier alpha value is -1.14. The molecule has 0 saturated heterocycles. The summed E-state index contributed by atoms with van der Waals surface area (Å²) in [4.78, 5) is 24.4. The van der Waals surface area contributed by atoms with Crippen molar-refractivity contribution >= 4 is 39.1 Å². The van der Waals surface area contributed by atoms with Gasteiger partial charge in [0.25, 0.3) is 11.6 Å². The molecule has 104 valence electrons. The van der Waals surface area contributed by atoms with Gasteiger partial charge in [-0.3, -0.25) is 14.9 Å². The lowest BCUT2D eigenvalue weighted by Gasteiger charge is -2.26. The second-order valence-corrected chi connectivity index (χ2v) is 5.37. The van der Waals surface area contributed by atoms with Gasteiger partial charge in [0.15, 0.2) is 0 Å². The van der Waals surface area contributed by atoms with E-state index in [1.54, 1.807) is 4.90 Å². The topological polar surface area (TPSA) is 63.5 Å². The summed E-state index contributed by atoms with van der Waals surface area (Å²) in [6.07, 6.45) is 0. The fourth-order valence-corrected chi connectivity index (χ4v) is 2.34. The molecule has 0 fully saturated rings. The summed E-state index contributed by atoms with van der Waals surface area (Å²) in [5, 5.41) is 11.7. The van der Waals surface area contributed by atoms with Crippen LogP contribution in [0.1, 0.15) is 24.2 Å². The summed E-state index contributed by atoms with van der Waals surface area (Å²) < 4.78 is 0. The van der Waals surface area contributed by atoms with Crippen molar-refractivity contribution in [1.29, 1.82) is 0 Å². The first-order valence-corrected chi connectivity index (χ1v) is 7.20. The molecule has 19 heavy (non-hydrogen) atoms. The van der Waals surface area contributed by atoms with Gasteiger partial charge in [-0.1, -0.05) is 33.6 Å². The molecule has 0 aromatic heterocycles. The molecule has 1 aromatic rings. The number of rotatable bonds is 5. The minimum absolute atomic E-state index is 0.0520. The summed E-state index contributed by atoms with van der Waals surface area (Å²) >= 11 is 9.22. The van der Waals surface area contributed by atoms with Gasteiger partial charge >= 0.3 is 0 Å². The number of benzene rings is 1. The van der Waals surface area contributed by atoms with Crippen molar-refractivity contribution in [1.82, 2.24) is 4.90 Å². The zero-order valence-corrected chi connectivity index (χ0v) is 12.9. The Kier molecular flexibility index (Phi) is 5.75. The Bertz CT molecular complexity index is 494. The average molecular weight is 350 g/mol. The van der Waals surface area contributed by atoms with E-state index in [2.05, 4.69) is 15.9 Å². The fourth-order valence-electron chi connectivity index (χ4n) is 1.71. The summed E-state index contributed by atoms with van der Waals surface area (Å²) in [6.45, 7) is 4.16. The maximum Gasteiger partial charge on any atom is 0.283 e. The van der Waals surface area contributed by atoms with E-state index >= 15 is 0 Å². The maximum absolute atomic E-state index is 12.4. The lowest BCUT2D eigenvalue weighted by Crippen LogP contribution is -2.38. The second kappa shape index (κ2) is 6.86. The Balaban J connectivity index is 3.28. The van der Waals surface area contributed by atoms with E-state index in [9.17, 15) is 14.9 Å². The molecule has 0 aliphatic heterocycles. The Morgan fingerprint density at radius 1 is 1.53 bits per heavy atom. The highest BCUT2D eigenvalue weighted by molar-refractivity contribution is 9.09. The van der Waals surface area contributed by atoms with E-state index in [1.165, 1.54) is 18.2 Å². The first-order valence-electron chi connectivity index (χ1n) is 5.70. The smallest absolute Gasteiger partial charge is 0.283 e. The van der Waals surface area contributed by atoms with E-state index in [1.807, 2.05) is 13.8 Å².